The number of aryl methyl sites for hydroxylation is 1. The van der Waals surface area contributed by atoms with Gasteiger partial charge in [-0.05, 0) is 18.1 Å². The Labute approximate surface area is 155 Å². The van der Waals surface area contributed by atoms with Gasteiger partial charge in [0.1, 0.15) is 0 Å². The van der Waals surface area contributed by atoms with Crippen molar-refractivity contribution in [2.45, 2.75) is 19.8 Å². The fourth-order valence-electron chi connectivity index (χ4n) is 3.53. The summed E-state index contributed by atoms with van der Waals surface area (Å²) in [5.41, 5.74) is 2.24. The van der Waals surface area contributed by atoms with Crippen molar-refractivity contribution in [1.82, 2.24) is 14.7 Å². The zero-order chi connectivity index (χ0) is 18.4. The van der Waals surface area contributed by atoms with Gasteiger partial charge < -0.3 is 14.5 Å². The van der Waals surface area contributed by atoms with Crippen LogP contribution in [-0.2, 0) is 20.7 Å². The number of morpholine rings is 1. The molecular weight excluding hydrogens is 330 g/mol. The average Bonchev–Trinajstić information content (AvgIpc) is 2.69. The van der Waals surface area contributed by atoms with Crippen molar-refractivity contribution in [2.75, 3.05) is 59.0 Å². The van der Waals surface area contributed by atoms with Gasteiger partial charge in [0.2, 0.25) is 11.8 Å². The van der Waals surface area contributed by atoms with Gasteiger partial charge >= 0.3 is 0 Å². The molecule has 2 aliphatic rings. The predicted molar refractivity (Wildman–Crippen MR) is 99.9 cm³/mol. The number of benzene rings is 1. The van der Waals surface area contributed by atoms with Crippen molar-refractivity contribution in [3.05, 3.63) is 35.4 Å². The zero-order valence-corrected chi connectivity index (χ0v) is 15.7. The summed E-state index contributed by atoms with van der Waals surface area (Å²) in [6.45, 7) is 8.72. The van der Waals surface area contributed by atoms with Crippen molar-refractivity contribution in [3.8, 4) is 0 Å². The van der Waals surface area contributed by atoms with Crippen LogP contribution in [-0.4, -0.2) is 85.5 Å². The van der Waals surface area contributed by atoms with E-state index in [0.29, 0.717) is 39.0 Å². The summed E-state index contributed by atoms with van der Waals surface area (Å²) in [6.07, 6.45) is 0.995. The molecule has 142 valence electrons. The van der Waals surface area contributed by atoms with Crippen LogP contribution in [0.25, 0.3) is 0 Å². The second-order valence-corrected chi connectivity index (χ2v) is 7.07. The smallest absolute Gasteiger partial charge is 0.227 e. The third-order valence-electron chi connectivity index (χ3n) is 5.33. The molecule has 3 rings (SSSR count). The van der Waals surface area contributed by atoms with Crippen LogP contribution in [0, 0.1) is 6.92 Å². The molecular formula is C20H29N3O3. The van der Waals surface area contributed by atoms with E-state index in [9.17, 15) is 9.59 Å². The molecule has 6 nitrogen and oxygen atoms in total. The normalized spacial score (nSPS) is 18.8. The molecule has 26 heavy (non-hydrogen) atoms. The molecule has 0 aliphatic carbocycles. The van der Waals surface area contributed by atoms with Gasteiger partial charge in [0, 0.05) is 52.2 Å². The summed E-state index contributed by atoms with van der Waals surface area (Å²) in [4.78, 5) is 31.0. The fraction of sp³-hybridized carbons (Fsp3) is 0.600. The van der Waals surface area contributed by atoms with E-state index < -0.39 is 0 Å². The van der Waals surface area contributed by atoms with Gasteiger partial charge in [-0.1, -0.05) is 24.3 Å². The predicted octanol–water partition coefficient (Wildman–Crippen LogP) is 0.931. The minimum Gasteiger partial charge on any atom is -0.379 e. The van der Waals surface area contributed by atoms with Crippen LogP contribution >= 0.6 is 0 Å². The fourth-order valence-corrected chi connectivity index (χ4v) is 3.53. The number of ether oxygens (including phenoxy) is 1. The van der Waals surface area contributed by atoms with Gasteiger partial charge in [0.05, 0.1) is 19.6 Å². The lowest BCUT2D eigenvalue weighted by molar-refractivity contribution is -0.139. The maximum Gasteiger partial charge on any atom is 0.227 e. The minimum absolute atomic E-state index is 0.153. The average molecular weight is 359 g/mol. The Hall–Kier alpha value is -1.92. The Morgan fingerprint density at radius 1 is 0.923 bits per heavy atom. The van der Waals surface area contributed by atoms with Crippen molar-refractivity contribution in [2.24, 2.45) is 0 Å². The van der Waals surface area contributed by atoms with E-state index in [1.807, 2.05) is 41.0 Å². The summed E-state index contributed by atoms with van der Waals surface area (Å²) >= 11 is 0. The second-order valence-electron chi connectivity index (χ2n) is 7.07. The van der Waals surface area contributed by atoms with Crippen LogP contribution in [0.4, 0.5) is 0 Å². The first-order valence-corrected chi connectivity index (χ1v) is 9.53. The van der Waals surface area contributed by atoms with Crippen LogP contribution in [0.5, 0.6) is 0 Å². The van der Waals surface area contributed by atoms with E-state index in [4.69, 9.17) is 4.74 Å². The molecule has 0 bridgehead atoms. The number of nitrogens with zero attached hydrogens (tertiary/aromatic N) is 3. The highest BCUT2D eigenvalue weighted by Crippen LogP contribution is 2.11. The van der Waals surface area contributed by atoms with E-state index in [1.54, 1.807) is 0 Å². The minimum atomic E-state index is 0.153. The molecule has 2 saturated heterocycles. The molecule has 0 spiro atoms. The van der Waals surface area contributed by atoms with Crippen molar-refractivity contribution < 1.29 is 14.3 Å². The summed E-state index contributed by atoms with van der Waals surface area (Å²) in [7, 11) is 0. The van der Waals surface area contributed by atoms with Crippen LogP contribution in [0.1, 0.15) is 17.5 Å². The third kappa shape index (κ3) is 5.05. The lowest BCUT2D eigenvalue weighted by Crippen LogP contribution is -2.51. The number of amides is 2. The SMILES string of the molecule is Cc1ccccc1CC(=O)N1CCN(C(=O)CCN2CCOCC2)CC1. The molecule has 2 amide bonds. The lowest BCUT2D eigenvalue weighted by atomic mass is 10.1. The Bertz CT molecular complexity index is 620. The number of piperazine rings is 1. The molecule has 0 radical (unpaired) electrons. The number of hydrogen-bond acceptors (Lipinski definition) is 4. The Balaban J connectivity index is 1.41. The lowest BCUT2D eigenvalue weighted by Gasteiger charge is -2.35. The summed E-state index contributed by atoms with van der Waals surface area (Å²) in [5, 5.41) is 0. The molecule has 0 saturated carbocycles. The summed E-state index contributed by atoms with van der Waals surface area (Å²) in [6, 6.07) is 8.01. The van der Waals surface area contributed by atoms with Crippen LogP contribution in [0.3, 0.4) is 0 Å². The van der Waals surface area contributed by atoms with E-state index >= 15 is 0 Å². The first kappa shape index (κ1) is 18.9. The molecule has 6 heteroatoms. The summed E-state index contributed by atoms with van der Waals surface area (Å²) < 4.78 is 5.33. The van der Waals surface area contributed by atoms with Gasteiger partial charge in [0.15, 0.2) is 0 Å². The third-order valence-corrected chi connectivity index (χ3v) is 5.33. The first-order valence-electron chi connectivity index (χ1n) is 9.53. The second kappa shape index (κ2) is 9.14. The van der Waals surface area contributed by atoms with Gasteiger partial charge in [-0.25, -0.2) is 0 Å². The van der Waals surface area contributed by atoms with Gasteiger partial charge in [-0.15, -0.1) is 0 Å². The molecule has 0 unspecified atom stereocenters. The van der Waals surface area contributed by atoms with Crippen molar-refractivity contribution >= 4 is 11.8 Å². The molecule has 0 aromatic heterocycles. The largest absolute Gasteiger partial charge is 0.379 e. The molecule has 2 heterocycles. The molecule has 0 atom stereocenters. The topological polar surface area (TPSA) is 53.1 Å². The highest BCUT2D eigenvalue weighted by atomic mass is 16.5. The van der Waals surface area contributed by atoms with E-state index in [0.717, 1.165) is 44.0 Å². The number of hydrogen-bond donors (Lipinski definition) is 0. The quantitative estimate of drug-likeness (QED) is 0.785. The maximum atomic E-state index is 12.5. The van der Waals surface area contributed by atoms with Gasteiger partial charge in [-0.2, -0.15) is 0 Å². The van der Waals surface area contributed by atoms with Crippen LogP contribution in [0.15, 0.2) is 24.3 Å². The molecule has 0 N–H and O–H groups in total. The number of carbonyl (C=O) groups is 2. The summed E-state index contributed by atoms with van der Waals surface area (Å²) in [5.74, 6) is 0.349. The standard InChI is InChI=1S/C20H29N3O3/c1-17-4-2-3-5-18(17)16-20(25)23-10-8-22(9-11-23)19(24)6-7-21-12-14-26-15-13-21/h2-5H,6-16H2,1H3. The van der Waals surface area contributed by atoms with Crippen molar-refractivity contribution in [3.63, 3.8) is 0 Å². The van der Waals surface area contributed by atoms with E-state index in [-0.39, 0.29) is 11.8 Å². The highest BCUT2D eigenvalue weighted by Gasteiger charge is 2.24. The van der Waals surface area contributed by atoms with E-state index in [1.165, 1.54) is 0 Å². The number of rotatable bonds is 5. The van der Waals surface area contributed by atoms with Crippen LogP contribution < -0.4 is 0 Å². The first-order chi connectivity index (χ1) is 12.6. The Morgan fingerprint density at radius 3 is 2.19 bits per heavy atom. The zero-order valence-electron chi connectivity index (χ0n) is 15.7. The molecule has 2 fully saturated rings. The van der Waals surface area contributed by atoms with Gasteiger partial charge in [0.25, 0.3) is 0 Å². The molecule has 1 aromatic carbocycles. The molecule has 2 aliphatic heterocycles. The van der Waals surface area contributed by atoms with Crippen molar-refractivity contribution in [1.29, 1.82) is 0 Å². The van der Waals surface area contributed by atoms with Crippen LogP contribution in [0.2, 0.25) is 0 Å². The van der Waals surface area contributed by atoms with E-state index in [2.05, 4.69) is 4.90 Å². The maximum absolute atomic E-state index is 12.5. The molecule has 1 aromatic rings. The Morgan fingerprint density at radius 2 is 1.54 bits per heavy atom. The monoisotopic (exact) mass is 359 g/mol. The van der Waals surface area contributed by atoms with Gasteiger partial charge in [-0.3, -0.25) is 14.5 Å². The highest BCUT2D eigenvalue weighted by molar-refractivity contribution is 5.80. The Kier molecular flexibility index (Phi) is 6.63. The number of carbonyl (C=O) groups excluding carboxylic acids is 2.